The van der Waals surface area contributed by atoms with Crippen molar-refractivity contribution in [3.63, 3.8) is 0 Å². The van der Waals surface area contributed by atoms with Gasteiger partial charge >= 0.3 is 0 Å². The van der Waals surface area contributed by atoms with Crippen molar-refractivity contribution >= 4 is 46.4 Å². The molecule has 2 amide bonds. The highest BCUT2D eigenvalue weighted by molar-refractivity contribution is 6.35. The molecule has 1 atom stereocenters. The molecule has 0 N–H and O–H groups in total. The normalized spacial score (nSPS) is 14.5. The van der Waals surface area contributed by atoms with Crippen LogP contribution in [0.2, 0.25) is 10.0 Å². The maximum Gasteiger partial charge on any atom is 0.271 e. The SMILES string of the molecule is Cc1cccc(C)c1N(C(=O)COc1ccc(Cl)cc1Cl)C(=O)[C@H](c1ccc([N+](=O)[O-])cc1)N1CCOCC1. The fourth-order valence-electron chi connectivity index (χ4n) is 4.56. The highest BCUT2D eigenvalue weighted by Crippen LogP contribution is 2.33. The molecule has 1 aliphatic rings. The first kappa shape index (κ1) is 28.5. The summed E-state index contributed by atoms with van der Waals surface area (Å²) < 4.78 is 11.2. The van der Waals surface area contributed by atoms with Crippen molar-refractivity contribution in [1.29, 1.82) is 0 Å². The van der Waals surface area contributed by atoms with Gasteiger partial charge in [0, 0.05) is 30.2 Å². The van der Waals surface area contributed by atoms with E-state index < -0.39 is 29.4 Å². The molecule has 11 heteroatoms. The summed E-state index contributed by atoms with van der Waals surface area (Å²) in [5, 5.41) is 11.9. The molecule has 1 aliphatic heterocycles. The largest absolute Gasteiger partial charge is 0.482 e. The number of aryl methyl sites for hydroxylation is 2. The molecule has 1 fully saturated rings. The lowest BCUT2D eigenvalue weighted by molar-refractivity contribution is -0.384. The molecule has 0 radical (unpaired) electrons. The Morgan fingerprint density at radius 2 is 1.69 bits per heavy atom. The fraction of sp³-hybridized carbons (Fsp3) is 0.286. The van der Waals surface area contributed by atoms with Crippen molar-refractivity contribution in [3.8, 4) is 5.75 Å². The minimum atomic E-state index is -0.892. The molecular formula is C28H27Cl2N3O6. The summed E-state index contributed by atoms with van der Waals surface area (Å²) in [7, 11) is 0. The monoisotopic (exact) mass is 571 g/mol. The minimum absolute atomic E-state index is 0.0946. The first-order valence-corrected chi connectivity index (χ1v) is 13.0. The Balaban J connectivity index is 1.74. The lowest BCUT2D eigenvalue weighted by Crippen LogP contribution is -2.50. The van der Waals surface area contributed by atoms with Gasteiger partial charge in [0.15, 0.2) is 6.61 Å². The van der Waals surface area contributed by atoms with Crippen LogP contribution in [0.15, 0.2) is 60.7 Å². The first-order valence-electron chi connectivity index (χ1n) is 12.2. The second kappa shape index (κ2) is 12.6. The Morgan fingerprint density at radius 3 is 2.28 bits per heavy atom. The molecular weight excluding hydrogens is 545 g/mol. The molecule has 9 nitrogen and oxygen atoms in total. The van der Waals surface area contributed by atoms with Crippen molar-refractivity contribution in [2.75, 3.05) is 37.8 Å². The minimum Gasteiger partial charge on any atom is -0.482 e. The van der Waals surface area contributed by atoms with Gasteiger partial charge in [-0.25, -0.2) is 4.90 Å². The van der Waals surface area contributed by atoms with Crippen molar-refractivity contribution in [3.05, 3.63) is 97.5 Å². The zero-order valence-corrected chi connectivity index (χ0v) is 22.9. The van der Waals surface area contributed by atoms with Gasteiger partial charge in [0.25, 0.3) is 17.5 Å². The first-order chi connectivity index (χ1) is 18.7. The van der Waals surface area contributed by atoms with Crippen LogP contribution < -0.4 is 9.64 Å². The molecule has 204 valence electrons. The number of para-hydroxylation sites is 1. The maximum absolute atomic E-state index is 14.4. The van der Waals surface area contributed by atoms with Crippen molar-refractivity contribution in [2.45, 2.75) is 19.9 Å². The molecule has 0 saturated carbocycles. The molecule has 0 unspecified atom stereocenters. The third-order valence-electron chi connectivity index (χ3n) is 6.44. The number of rotatable bonds is 8. The number of nitro benzene ring substituents is 1. The van der Waals surface area contributed by atoms with Crippen molar-refractivity contribution < 1.29 is 24.0 Å². The van der Waals surface area contributed by atoms with Crippen LogP contribution in [0.4, 0.5) is 11.4 Å². The number of hydrogen-bond acceptors (Lipinski definition) is 7. The van der Waals surface area contributed by atoms with Gasteiger partial charge in [-0.05, 0) is 48.7 Å². The molecule has 1 heterocycles. The summed E-state index contributed by atoms with van der Waals surface area (Å²) >= 11 is 12.2. The van der Waals surface area contributed by atoms with Gasteiger partial charge in [0.1, 0.15) is 11.8 Å². The third-order valence-corrected chi connectivity index (χ3v) is 6.97. The van der Waals surface area contributed by atoms with Gasteiger partial charge in [0.05, 0.1) is 28.8 Å². The zero-order chi connectivity index (χ0) is 28.1. The Morgan fingerprint density at radius 1 is 1.05 bits per heavy atom. The molecule has 0 spiro atoms. The molecule has 4 rings (SSSR count). The number of morpholine rings is 1. The molecule has 3 aromatic carbocycles. The lowest BCUT2D eigenvalue weighted by atomic mass is 10.0. The van der Waals surface area contributed by atoms with Crippen LogP contribution >= 0.6 is 23.2 Å². The van der Waals surface area contributed by atoms with Crippen LogP contribution in [0, 0.1) is 24.0 Å². The van der Waals surface area contributed by atoms with E-state index in [1.54, 1.807) is 24.3 Å². The standard InChI is InChI=1S/C28H27Cl2N3O6/c1-18-4-3-5-19(2)26(18)32(25(34)17-39-24-11-8-21(29)16-23(24)30)28(35)27(31-12-14-38-15-13-31)20-6-9-22(10-7-20)33(36)37/h3-11,16,27H,12-15,17H2,1-2H3/t27-/m0/s1. The number of imide groups is 1. The summed E-state index contributed by atoms with van der Waals surface area (Å²) in [5.74, 6) is -0.842. The summed E-state index contributed by atoms with van der Waals surface area (Å²) in [4.78, 5) is 42.0. The van der Waals surface area contributed by atoms with Gasteiger partial charge in [0.2, 0.25) is 0 Å². The molecule has 3 aromatic rings. The van der Waals surface area contributed by atoms with E-state index in [2.05, 4.69) is 0 Å². The number of nitrogens with zero attached hydrogens (tertiary/aromatic N) is 3. The number of benzene rings is 3. The highest BCUT2D eigenvalue weighted by atomic mass is 35.5. The van der Waals surface area contributed by atoms with Crippen LogP contribution in [0.5, 0.6) is 5.75 Å². The maximum atomic E-state index is 14.4. The molecule has 0 bridgehead atoms. The van der Waals surface area contributed by atoms with E-state index in [9.17, 15) is 19.7 Å². The van der Waals surface area contributed by atoms with Gasteiger partial charge in [-0.3, -0.25) is 24.6 Å². The number of anilines is 1. The van der Waals surface area contributed by atoms with Gasteiger partial charge in [-0.15, -0.1) is 0 Å². The zero-order valence-electron chi connectivity index (χ0n) is 21.4. The average Bonchev–Trinajstić information content (AvgIpc) is 2.91. The van der Waals surface area contributed by atoms with Gasteiger partial charge < -0.3 is 9.47 Å². The molecule has 1 saturated heterocycles. The van der Waals surface area contributed by atoms with E-state index in [1.165, 1.54) is 18.2 Å². The predicted molar refractivity (Wildman–Crippen MR) is 149 cm³/mol. The van der Waals surface area contributed by atoms with E-state index in [4.69, 9.17) is 32.7 Å². The van der Waals surface area contributed by atoms with Crippen LogP contribution in [-0.4, -0.2) is 54.5 Å². The molecule has 0 aromatic heterocycles. The average molecular weight is 572 g/mol. The number of non-ortho nitro benzene ring substituents is 1. The van der Waals surface area contributed by atoms with E-state index in [-0.39, 0.29) is 16.5 Å². The summed E-state index contributed by atoms with van der Waals surface area (Å²) in [6.45, 7) is 4.89. The van der Waals surface area contributed by atoms with E-state index >= 15 is 0 Å². The smallest absolute Gasteiger partial charge is 0.271 e. The highest BCUT2D eigenvalue weighted by Gasteiger charge is 2.37. The third kappa shape index (κ3) is 6.57. The van der Waals surface area contributed by atoms with Gasteiger partial charge in [-0.2, -0.15) is 0 Å². The predicted octanol–water partition coefficient (Wildman–Crippen LogP) is 5.53. The Labute approximate surface area is 236 Å². The second-order valence-corrected chi connectivity index (χ2v) is 9.91. The quantitative estimate of drug-likeness (QED) is 0.258. The molecule has 0 aliphatic carbocycles. The number of carbonyl (C=O) groups excluding carboxylic acids is 2. The van der Waals surface area contributed by atoms with E-state index in [0.717, 1.165) is 16.0 Å². The van der Waals surface area contributed by atoms with Crippen LogP contribution in [-0.2, 0) is 14.3 Å². The Hall–Kier alpha value is -3.50. The lowest BCUT2D eigenvalue weighted by Gasteiger charge is -2.37. The van der Waals surface area contributed by atoms with E-state index in [1.807, 2.05) is 36.9 Å². The Kier molecular flexibility index (Phi) is 9.19. The second-order valence-electron chi connectivity index (χ2n) is 9.07. The van der Waals surface area contributed by atoms with Gasteiger partial charge in [-0.1, -0.05) is 53.5 Å². The number of carbonyl (C=O) groups is 2. The Bertz CT molecular complexity index is 1360. The van der Waals surface area contributed by atoms with Crippen molar-refractivity contribution in [1.82, 2.24) is 4.90 Å². The number of nitro groups is 1. The van der Waals surface area contributed by atoms with Crippen molar-refractivity contribution in [2.24, 2.45) is 0 Å². The number of amides is 2. The summed E-state index contributed by atoms with van der Waals surface area (Å²) in [5.41, 5.74) is 2.34. The number of halogens is 2. The summed E-state index contributed by atoms with van der Waals surface area (Å²) in [6.07, 6.45) is 0. The van der Waals surface area contributed by atoms with Crippen LogP contribution in [0.3, 0.4) is 0 Å². The van der Waals surface area contributed by atoms with Crippen LogP contribution in [0.25, 0.3) is 0 Å². The molecule has 39 heavy (non-hydrogen) atoms. The fourth-order valence-corrected chi connectivity index (χ4v) is 5.02. The number of ether oxygens (including phenoxy) is 2. The van der Waals surface area contributed by atoms with E-state index in [0.29, 0.717) is 42.6 Å². The number of hydrogen-bond donors (Lipinski definition) is 0. The topological polar surface area (TPSA) is 102 Å². The van der Waals surface area contributed by atoms with Crippen LogP contribution in [0.1, 0.15) is 22.7 Å². The summed E-state index contributed by atoms with van der Waals surface area (Å²) in [6, 6.07) is 15.0.